The van der Waals surface area contributed by atoms with Gasteiger partial charge in [-0.25, -0.2) is 15.0 Å². The summed E-state index contributed by atoms with van der Waals surface area (Å²) >= 11 is 0. The number of rotatable bonds is 6. The summed E-state index contributed by atoms with van der Waals surface area (Å²) in [6, 6.07) is 12.7. The fourth-order valence-corrected chi connectivity index (χ4v) is 5.40. The van der Waals surface area contributed by atoms with E-state index in [0.29, 0.717) is 12.3 Å². The number of imidazole rings is 1. The summed E-state index contributed by atoms with van der Waals surface area (Å²) in [6.07, 6.45) is 7.67. The first-order valence-corrected chi connectivity index (χ1v) is 13.3. The maximum atomic E-state index is 12.6. The molecule has 190 valence electrons. The lowest BCUT2D eigenvalue weighted by Crippen LogP contribution is -2.51. The molecule has 1 saturated carbocycles. The van der Waals surface area contributed by atoms with Gasteiger partial charge < -0.3 is 9.88 Å². The average molecular weight is 496 g/mol. The highest BCUT2D eigenvalue weighted by Gasteiger charge is 2.32. The van der Waals surface area contributed by atoms with Crippen molar-refractivity contribution < 1.29 is 4.79 Å². The van der Waals surface area contributed by atoms with Crippen LogP contribution >= 0.6 is 0 Å². The molecule has 3 aromatic heterocycles. The monoisotopic (exact) mass is 495 g/mol. The molecule has 8 heteroatoms. The van der Waals surface area contributed by atoms with Crippen LogP contribution in [0.4, 0.5) is 0 Å². The molecule has 4 heterocycles. The smallest absolute Gasteiger partial charge is 0.225 e. The van der Waals surface area contributed by atoms with Gasteiger partial charge in [0, 0.05) is 68.2 Å². The second kappa shape index (κ2) is 10.0. The van der Waals surface area contributed by atoms with Crippen molar-refractivity contribution in [2.24, 2.45) is 5.92 Å². The molecule has 6 rings (SSSR count). The number of hydrogen-bond acceptors (Lipinski definition) is 6. The second-order valence-electron chi connectivity index (χ2n) is 10.3. The summed E-state index contributed by atoms with van der Waals surface area (Å²) in [5, 5.41) is 0. The molecular weight excluding hydrogens is 462 g/mol. The third-order valence-electron chi connectivity index (χ3n) is 7.90. The Bertz CT molecular complexity index is 1420. The quantitative estimate of drug-likeness (QED) is 0.428. The fourth-order valence-electron chi connectivity index (χ4n) is 5.40. The number of piperazine rings is 1. The molecule has 1 unspecified atom stereocenters. The number of aryl methyl sites for hydroxylation is 1. The Balaban J connectivity index is 1.12. The Labute approximate surface area is 217 Å². The van der Waals surface area contributed by atoms with Gasteiger partial charge in [0.25, 0.3) is 0 Å². The number of benzene rings is 1. The van der Waals surface area contributed by atoms with Gasteiger partial charge in [0.15, 0.2) is 0 Å². The van der Waals surface area contributed by atoms with Crippen LogP contribution in [0.5, 0.6) is 0 Å². The molecule has 0 spiro atoms. The van der Waals surface area contributed by atoms with Crippen LogP contribution in [-0.2, 0) is 11.2 Å². The van der Waals surface area contributed by atoms with Gasteiger partial charge >= 0.3 is 0 Å². The first kappa shape index (κ1) is 23.7. The Morgan fingerprint density at radius 1 is 1.03 bits per heavy atom. The van der Waals surface area contributed by atoms with E-state index in [9.17, 15) is 4.79 Å². The van der Waals surface area contributed by atoms with Crippen LogP contribution in [0.2, 0.25) is 0 Å². The topological polar surface area (TPSA) is 90.9 Å². The number of nitrogens with one attached hydrogen (secondary N) is 1. The van der Waals surface area contributed by atoms with Crippen molar-refractivity contribution in [3.63, 3.8) is 0 Å². The Kier molecular flexibility index (Phi) is 6.42. The van der Waals surface area contributed by atoms with E-state index in [4.69, 9.17) is 4.98 Å². The largest absolute Gasteiger partial charge is 0.342 e. The Morgan fingerprint density at radius 3 is 2.59 bits per heavy atom. The number of hydrogen-bond donors (Lipinski definition) is 1. The molecule has 4 aromatic rings. The van der Waals surface area contributed by atoms with Gasteiger partial charge in [0.05, 0.1) is 16.7 Å². The van der Waals surface area contributed by atoms with Crippen LogP contribution in [0.3, 0.4) is 0 Å². The van der Waals surface area contributed by atoms with Crippen molar-refractivity contribution in [2.45, 2.75) is 45.6 Å². The predicted molar refractivity (Wildman–Crippen MR) is 143 cm³/mol. The van der Waals surface area contributed by atoms with E-state index in [1.807, 2.05) is 25.3 Å². The number of amides is 1. The predicted octanol–water partition coefficient (Wildman–Crippen LogP) is 4.32. The first-order chi connectivity index (χ1) is 18.0. The van der Waals surface area contributed by atoms with Crippen molar-refractivity contribution >= 4 is 16.9 Å². The lowest BCUT2D eigenvalue weighted by atomic mass is 9.84. The van der Waals surface area contributed by atoms with E-state index in [0.717, 1.165) is 78.7 Å². The SMILES string of the molecule is Cc1nccc(-c2ccc3nc(Cc4cc(C(C)N5CCN(C(=O)C6CCC6)CC5)ccn4)[nH]c3c2)n1. The molecule has 37 heavy (non-hydrogen) atoms. The summed E-state index contributed by atoms with van der Waals surface area (Å²) in [5.41, 5.74) is 6.11. The summed E-state index contributed by atoms with van der Waals surface area (Å²) in [5.74, 6) is 2.31. The van der Waals surface area contributed by atoms with Crippen LogP contribution < -0.4 is 0 Å². The number of fused-ring (bicyclic) bond motifs is 1. The number of carbonyl (C=O) groups excluding carboxylic acids is 1. The molecule has 1 amide bonds. The van der Waals surface area contributed by atoms with Crippen LogP contribution in [0.1, 0.15) is 55.1 Å². The maximum absolute atomic E-state index is 12.6. The fraction of sp³-hybridized carbons (Fsp3) is 0.414. The standard InChI is InChI=1S/C29H33N7O/c1-19(35-12-14-36(15-13-35)29(37)21-4-3-5-21)22-8-10-31-24(16-22)18-28-33-26-7-6-23(17-27(26)34-28)25-9-11-30-20(2)32-25/h6-11,16-17,19,21H,3-5,12-15,18H2,1-2H3,(H,33,34). The molecule has 1 aliphatic heterocycles. The van der Waals surface area contributed by atoms with E-state index in [-0.39, 0.29) is 12.0 Å². The molecule has 1 saturated heterocycles. The molecule has 1 aliphatic carbocycles. The van der Waals surface area contributed by atoms with Gasteiger partial charge in [0.2, 0.25) is 5.91 Å². The Morgan fingerprint density at radius 2 is 1.84 bits per heavy atom. The summed E-state index contributed by atoms with van der Waals surface area (Å²) in [4.78, 5) is 38.8. The number of pyridine rings is 1. The van der Waals surface area contributed by atoms with Crippen LogP contribution in [0.15, 0.2) is 48.8 Å². The molecule has 0 bridgehead atoms. The zero-order chi connectivity index (χ0) is 25.4. The van der Waals surface area contributed by atoms with Crippen molar-refractivity contribution in [1.29, 1.82) is 0 Å². The van der Waals surface area contributed by atoms with Gasteiger partial charge in [0.1, 0.15) is 11.6 Å². The molecular formula is C29H33N7O. The zero-order valence-electron chi connectivity index (χ0n) is 21.5. The van der Waals surface area contributed by atoms with Crippen molar-refractivity contribution in [2.75, 3.05) is 26.2 Å². The number of aromatic amines is 1. The lowest BCUT2D eigenvalue weighted by Gasteiger charge is -2.40. The van der Waals surface area contributed by atoms with E-state index in [2.05, 4.69) is 60.9 Å². The average Bonchev–Trinajstić information content (AvgIpc) is 3.29. The highest BCUT2D eigenvalue weighted by atomic mass is 16.2. The van der Waals surface area contributed by atoms with Gasteiger partial charge in [-0.3, -0.25) is 14.7 Å². The van der Waals surface area contributed by atoms with Gasteiger partial charge in [-0.15, -0.1) is 0 Å². The van der Waals surface area contributed by atoms with Crippen LogP contribution in [0, 0.1) is 12.8 Å². The lowest BCUT2D eigenvalue weighted by molar-refractivity contribution is -0.140. The van der Waals surface area contributed by atoms with Crippen LogP contribution in [-0.4, -0.2) is 66.8 Å². The van der Waals surface area contributed by atoms with Crippen molar-refractivity contribution in [3.05, 3.63) is 71.7 Å². The molecule has 2 aliphatic rings. The molecule has 1 atom stereocenters. The maximum Gasteiger partial charge on any atom is 0.225 e. The van der Waals surface area contributed by atoms with Crippen molar-refractivity contribution in [1.82, 2.24) is 34.7 Å². The number of aromatic nitrogens is 5. The zero-order valence-corrected chi connectivity index (χ0v) is 21.5. The third-order valence-corrected chi connectivity index (χ3v) is 7.90. The number of H-pyrrole nitrogens is 1. The number of nitrogens with zero attached hydrogens (tertiary/aromatic N) is 6. The number of carbonyl (C=O) groups is 1. The van der Waals surface area contributed by atoms with E-state index < -0.39 is 0 Å². The van der Waals surface area contributed by atoms with Crippen LogP contribution in [0.25, 0.3) is 22.3 Å². The van der Waals surface area contributed by atoms with E-state index >= 15 is 0 Å². The minimum Gasteiger partial charge on any atom is -0.342 e. The third kappa shape index (κ3) is 4.98. The summed E-state index contributed by atoms with van der Waals surface area (Å²) < 4.78 is 0. The molecule has 0 radical (unpaired) electrons. The molecule has 1 aromatic carbocycles. The van der Waals surface area contributed by atoms with Gasteiger partial charge in [-0.05, 0) is 62.6 Å². The minimum atomic E-state index is 0.275. The summed E-state index contributed by atoms with van der Waals surface area (Å²) in [6.45, 7) is 7.62. The normalized spacial score (nSPS) is 17.6. The molecule has 1 N–H and O–H groups in total. The van der Waals surface area contributed by atoms with E-state index in [1.165, 1.54) is 12.0 Å². The van der Waals surface area contributed by atoms with Gasteiger partial charge in [-0.1, -0.05) is 12.5 Å². The minimum absolute atomic E-state index is 0.275. The van der Waals surface area contributed by atoms with Crippen molar-refractivity contribution in [3.8, 4) is 11.3 Å². The first-order valence-electron chi connectivity index (χ1n) is 13.3. The second-order valence-corrected chi connectivity index (χ2v) is 10.3. The molecule has 2 fully saturated rings. The molecule has 8 nitrogen and oxygen atoms in total. The summed E-state index contributed by atoms with van der Waals surface area (Å²) in [7, 11) is 0. The highest BCUT2D eigenvalue weighted by Crippen LogP contribution is 2.30. The van der Waals surface area contributed by atoms with Gasteiger partial charge in [-0.2, -0.15) is 0 Å². The van der Waals surface area contributed by atoms with E-state index in [1.54, 1.807) is 6.20 Å². The Hall–Kier alpha value is -3.65. The highest BCUT2D eigenvalue weighted by molar-refractivity contribution is 5.81.